The minimum Gasteiger partial charge on any atom is -0.330 e. The first-order valence-corrected chi connectivity index (χ1v) is 7.58. The normalized spacial score (nSPS) is 11.7. The Kier molecular flexibility index (Phi) is 4.94. The molecular formula is C15H22FN3S. The average Bonchev–Trinajstić information content (AvgIpc) is 2.71. The molecule has 2 aromatic rings. The third-order valence-corrected chi connectivity index (χ3v) is 4.13. The first-order chi connectivity index (χ1) is 9.56. The Hall–Kier alpha value is -1.20. The van der Waals surface area contributed by atoms with Crippen molar-refractivity contribution in [3.8, 4) is 0 Å². The van der Waals surface area contributed by atoms with Gasteiger partial charge in [0.15, 0.2) is 4.77 Å². The molecule has 0 amide bonds. The minimum absolute atomic E-state index is 0.191. The van der Waals surface area contributed by atoms with Crippen molar-refractivity contribution in [2.45, 2.75) is 33.7 Å². The summed E-state index contributed by atoms with van der Waals surface area (Å²) in [5.74, 6) is -0.191. The van der Waals surface area contributed by atoms with Crippen molar-refractivity contribution in [1.82, 2.24) is 14.5 Å². The molecule has 5 heteroatoms. The molecule has 0 aliphatic carbocycles. The topological polar surface area (TPSA) is 24.0 Å². The van der Waals surface area contributed by atoms with Gasteiger partial charge in [-0.05, 0) is 62.9 Å². The fourth-order valence-electron chi connectivity index (χ4n) is 2.50. The summed E-state index contributed by atoms with van der Waals surface area (Å²) in [4.78, 5) is 5.48. The molecule has 0 saturated heterocycles. The molecule has 3 nitrogen and oxygen atoms in total. The lowest BCUT2D eigenvalue weighted by Crippen LogP contribution is -2.24. The number of imidazole rings is 1. The highest BCUT2D eigenvalue weighted by Crippen LogP contribution is 2.19. The predicted molar refractivity (Wildman–Crippen MR) is 84.2 cm³/mol. The minimum atomic E-state index is -0.191. The summed E-state index contributed by atoms with van der Waals surface area (Å²) in [5.41, 5.74) is 2.43. The molecule has 0 radical (unpaired) electrons. The molecule has 0 atom stereocenters. The smallest absolute Gasteiger partial charge is 0.178 e. The fourth-order valence-corrected chi connectivity index (χ4v) is 2.80. The highest BCUT2D eigenvalue weighted by Gasteiger charge is 2.08. The highest BCUT2D eigenvalue weighted by molar-refractivity contribution is 7.71. The molecule has 2 rings (SSSR count). The van der Waals surface area contributed by atoms with Crippen LogP contribution in [0.3, 0.4) is 0 Å². The SMILES string of the molecule is CCN(CC)CCCn1c(=S)[nH]c2cc(F)c(C)cc21. The van der Waals surface area contributed by atoms with Gasteiger partial charge in [-0.25, -0.2) is 4.39 Å². The van der Waals surface area contributed by atoms with Crippen LogP contribution in [-0.2, 0) is 6.54 Å². The second kappa shape index (κ2) is 6.50. The lowest BCUT2D eigenvalue weighted by molar-refractivity contribution is 0.293. The van der Waals surface area contributed by atoms with Crippen LogP contribution in [0.1, 0.15) is 25.8 Å². The Balaban J connectivity index is 2.19. The number of nitrogens with zero attached hydrogens (tertiary/aromatic N) is 2. The van der Waals surface area contributed by atoms with Crippen molar-refractivity contribution < 1.29 is 4.39 Å². The van der Waals surface area contributed by atoms with Crippen LogP contribution < -0.4 is 0 Å². The van der Waals surface area contributed by atoms with Gasteiger partial charge in [0, 0.05) is 6.54 Å². The molecule has 0 fully saturated rings. The predicted octanol–water partition coefficient (Wildman–Crippen LogP) is 3.88. The summed E-state index contributed by atoms with van der Waals surface area (Å²) in [6.07, 6.45) is 1.04. The van der Waals surface area contributed by atoms with E-state index in [-0.39, 0.29) is 5.82 Å². The molecule has 1 aromatic heterocycles. The van der Waals surface area contributed by atoms with Crippen LogP contribution >= 0.6 is 12.2 Å². The molecule has 20 heavy (non-hydrogen) atoms. The van der Waals surface area contributed by atoms with E-state index in [0.717, 1.165) is 43.6 Å². The van der Waals surface area contributed by atoms with E-state index < -0.39 is 0 Å². The molecule has 0 bridgehead atoms. The summed E-state index contributed by atoms with van der Waals surface area (Å²) < 4.78 is 16.3. The molecule has 0 saturated carbocycles. The van der Waals surface area contributed by atoms with Crippen LogP contribution in [0.5, 0.6) is 0 Å². The Labute approximate surface area is 124 Å². The van der Waals surface area contributed by atoms with Crippen LogP contribution in [0.2, 0.25) is 0 Å². The summed E-state index contributed by atoms with van der Waals surface area (Å²) in [6, 6.07) is 3.40. The quantitative estimate of drug-likeness (QED) is 0.818. The van der Waals surface area contributed by atoms with E-state index in [1.54, 1.807) is 6.92 Å². The molecule has 0 unspecified atom stereocenters. The second-order valence-corrected chi connectivity index (χ2v) is 5.47. The number of hydrogen-bond acceptors (Lipinski definition) is 2. The van der Waals surface area contributed by atoms with Crippen LogP contribution in [0, 0.1) is 17.5 Å². The van der Waals surface area contributed by atoms with Gasteiger partial charge in [-0.1, -0.05) is 13.8 Å². The van der Waals surface area contributed by atoms with Crippen LogP contribution in [0.4, 0.5) is 4.39 Å². The summed E-state index contributed by atoms with van der Waals surface area (Å²) in [5, 5.41) is 0. The monoisotopic (exact) mass is 295 g/mol. The zero-order valence-corrected chi connectivity index (χ0v) is 13.2. The van der Waals surface area contributed by atoms with Gasteiger partial charge >= 0.3 is 0 Å². The van der Waals surface area contributed by atoms with E-state index in [0.29, 0.717) is 10.3 Å². The van der Waals surface area contributed by atoms with Gasteiger partial charge in [0.25, 0.3) is 0 Å². The standard InChI is InChI=1S/C15H22FN3S/c1-4-18(5-2)7-6-8-19-14-9-11(3)12(16)10-13(14)17-15(19)20/h9-10H,4-8H2,1-3H3,(H,17,20). The van der Waals surface area contributed by atoms with E-state index in [1.165, 1.54) is 6.07 Å². The van der Waals surface area contributed by atoms with Crippen molar-refractivity contribution in [2.75, 3.05) is 19.6 Å². The number of aryl methyl sites for hydroxylation is 2. The number of nitrogens with one attached hydrogen (secondary N) is 1. The maximum Gasteiger partial charge on any atom is 0.178 e. The molecule has 1 heterocycles. The number of hydrogen-bond donors (Lipinski definition) is 1. The van der Waals surface area contributed by atoms with Gasteiger partial charge in [0.05, 0.1) is 11.0 Å². The first kappa shape index (κ1) is 15.2. The van der Waals surface area contributed by atoms with Gasteiger partial charge in [0.1, 0.15) is 5.82 Å². The van der Waals surface area contributed by atoms with E-state index in [9.17, 15) is 4.39 Å². The van der Waals surface area contributed by atoms with Crippen LogP contribution in [0.25, 0.3) is 11.0 Å². The highest BCUT2D eigenvalue weighted by atomic mass is 32.1. The lowest BCUT2D eigenvalue weighted by Gasteiger charge is -2.17. The van der Waals surface area contributed by atoms with Crippen molar-refractivity contribution in [2.24, 2.45) is 0 Å². The lowest BCUT2D eigenvalue weighted by atomic mass is 10.2. The van der Waals surface area contributed by atoms with E-state index in [2.05, 4.69) is 28.3 Å². The Morgan fingerprint density at radius 1 is 1.30 bits per heavy atom. The zero-order chi connectivity index (χ0) is 14.7. The molecular weight excluding hydrogens is 273 g/mol. The summed E-state index contributed by atoms with van der Waals surface area (Å²) in [7, 11) is 0. The second-order valence-electron chi connectivity index (χ2n) is 5.08. The number of fused-ring (bicyclic) bond motifs is 1. The van der Waals surface area contributed by atoms with Gasteiger partial charge in [-0.15, -0.1) is 0 Å². The van der Waals surface area contributed by atoms with Crippen molar-refractivity contribution >= 4 is 23.3 Å². The number of benzene rings is 1. The van der Waals surface area contributed by atoms with Gasteiger partial charge < -0.3 is 14.5 Å². The molecule has 1 N–H and O–H groups in total. The summed E-state index contributed by atoms with van der Waals surface area (Å²) in [6.45, 7) is 10.2. The molecule has 110 valence electrons. The molecule has 0 aliphatic heterocycles. The molecule has 1 aromatic carbocycles. The van der Waals surface area contributed by atoms with Crippen LogP contribution in [0.15, 0.2) is 12.1 Å². The van der Waals surface area contributed by atoms with Crippen molar-refractivity contribution in [3.63, 3.8) is 0 Å². The van der Waals surface area contributed by atoms with Gasteiger partial charge in [0.2, 0.25) is 0 Å². The number of H-pyrrole nitrogens is 1. The number of halogens is 1. The van der Waals surface area contributed by atoms with Crippen molar-refractivity contribution in [1.29, 1.82) is 0 Å². The number of rotatable bonds is 6. The zero-order valence-electron chi connectivity index (χ0n) is 12.4. The Bertz CT molecular complexity index is 640. The third-order valence-electron chi connectivity index (χ3n) is 3.80. The van der Waals surface area contributed by atoms with Crippen LogP contribution in [-0.4, -0.2) is 34.1 Å². The Morgan fingerprint density at radius 2 is 2.00 bits per heavy atom. The first-order valence-electron chi connectivity index (χ1n) is 7.17. The van der Waals surface area contributed by atoms with E-state index in [1.807, 2.05) is 6.07 Å². The average molecular weight is 295 g/mol. The maximum absolute atomic E-state index is 13.6. The maximum atomic E-state index is 13.6. The summed E-state index contributed by atoms with van der Waals surface area (Å²) >= 11 is 5.35. The number of aromatic amines is 1. The van der Waals surface area contributed by atoms with Crippen molar-refractivity contribution in [3.05, 3.63) is 28.3 Å². The number of aromatic nitrogens is 2. The third kappa shape index (κ3) is 3.10. The van der Waals surface area contributed by atoms with E-state index >= 15 is 0 Å². The molecule has 0 spiro atoms. The van der Waals surface area contributed by atoms with Gasteiger partial charge in [-0.3, -0.25) is 0 Å². The largest absolute Gasteiger partial charge is 0.330 e. The van der Waals surface area contributed by atoms with Gasteiger partial charge in [-0.2, -0.15) is 0 Å². The fraction of sp³-hybridized carbons (Fsp3) is 0.533. The Morgan fingerprint density at radius 3 is 2.65 bits per heavy atom. The van der Waals surface area contributed by atoms with E-state index in [4.69, 9.17) is 12.2 Å². The molecule has 0 aliphatic rings.